The molecule has 3 aliphatic rings. The number of benzene rings is 4. The van der Waals surface area contributed by atoms with Crippen molar-refractivity contribution < 1.29 is 24.2 Å². The van der Waals surface area contributed by atoms with Gasteiger partial charge in [0.05, 0.1) is 37.9 Å². The minimum absolute atomic E-state index is 0.0260. The van der Waals surface area contributed by atoms with E-state index in [0.29, 0.717) is 28.1 Å². The number of allylic oxidation sites excluding steroid dienone is 4. The molecular weight excluding hydrogens is 634 g/mol. The number of aromatic nitrogens is 3. The molecule has 250 valence electrons. The molecule has 0 unspecified atom stereocenters. The quantitative estimate of drug-likeness (QED) is 0.254. The van der Waals surface area contributed by atoms with E-state index in [1.807, 2.05) is 54.6 Å². The molecule has 1 N–H and O–H groups in total. The van der Waals surface area contributed by atoms with Crippen LogP contribution in [0, 0.1) is 5.92 Å². The lowest BCUT2D eigenvalue weighted by molar-refractivity contribution is -0.133. The van der Waals surface area contributed by atoms with Crippen LogP contribution >= 0.6 is 0 Å². The minimum Gasteiger partial charge on any atom is -0.507 e. The van der Waals surface area contributed by atoms with Crippen molar-refractivity contribution in [1.29, 1.82) is 0 Å². The molecular formula is C40H33N3O7. The Hall–Kier alpha value is -6.16. The molecule has 8 rings (SSSR count). The molecule has 5 aromatic rings. The third-order valence-corrected chi connectivity index (χ3v) is 10.5. The van der Waals surface area contributed by atoms with E-state index in [-0.39, 0.29) is 47.2 Å². The van der Waals surface area contributed by atoms with E-state index in [1.165, 1.54) is 35.7 Å². The van der Waals surface area contributed by atoms with Crippen LogP contribution in [0.3, 0.4) is 0 Å². The van der Waals surface area contributed by atoms with Crippen LogP contribution in [0.25, 0.3) is 11.3 Å². The summed E-state index contributed by atoms with van der Waals surface area (Å²) in [6.45, 7) is 0.0260. The molecule has 0 bridgehead atoms. The first-order valence-electron chi connectivity index (χ1n) is 16.4. The number of aromatic hydroxyl groups is 1. The molecule has 0 radical (unpaired) electrons. The average Bonchev–Trinajstić information content (AvgIpc) is 3.41. The number of hydrogen-bond acceptors (Lipinski definition) is 7. The number of methoxy groups -OCH3 is 2. The number of phenolic OH excluding ortho intramolecular Hbond substituents is 1. The van der Waals surface area contributed by atoms with Crippen molar-refractivity contribution in [2.24, 2.45) is 5.92 Å². The fourth-order valence-electron chi connectivity index (χ4n) is 8.41. The maximum Gasteiger partial charge on any atom is 0.352 e. The number of hydrogen-bond donors (Lipinski definition) is 1. The fraction of sp³-hybridized carbons (Fsp3) is 0.200. The lowest BCUT2D eigenvalue weighted by Crippen LogP contribution is -2.58. The van der Waals surface area contributed by atoms with E-state index < -0.39 is 34.7 Å². The molecule has 0 amide bonds. The zero-order valence-electron chi connectivity index (χ0n) is 27.4. The SMILES string of the molecule is COc1cc(O)c([C@H]2C3=CCn4c(=O)n(-c5ccccc5)c(=O)n4[C@@H]3C[C@H]3C(=O)C(c4ccccc4)=CC(=O)[C@@]23c2ccccc2)c(OC)c1. The first-order valence-corrected chi connectivity index (χ1v) is 16.4. The number of nitrogens with zero attached hydrogens (tertiary/aromatic N) is 3. The van der Waals surface area contributed by atoms with Gasteiger partial charge < -0.3 is 14.6 Å². The highest BCUT2D eigenvalue weighted by atomic mass is 16.5. The summed E-state index contributed by atoms with van der Waals surface area (Å²) in [5, 5.41) is 11.8. The van der Waals surface area contributed by atoms with Crippen LogP contribution in [0.4, 0.5) is 0 Å². The number of carbonyl (C=O) groups excluding carboxylic acids is 2. The highest BCUT2D eigenvalue weighted by Crippen LogP contribution is 2.63. The molecule has 1 aliphatic heterocycles. The molecule has 2 heterocycles. The number of rotatable bonds is 6. The Morgan fingerprint density at radius 2 is 1.46 bits per heavy atom. The van der Waals surface area contributed by atoms with E-state index >= 15 is 9.59 Å². The second kappa shape index (κ2) is 11.8. The van der Waals surface area contributed by atoms with Crippen molar-refractivity contribution in [2.45, 2.75) is 30.3 Å². The smallest absolute Gasteiger partial charge is 0.352 e. The van der Waals surface area contributed by atoms with Gasteiger partial charge in [-0.05, 0) is 41.3 Å². The van der Waals surface area contributed by atoms with Gasteiger partial charge in [0.25, 0.3) is 0 Å². The van der Waals surface area contributed by atoms with E-state index in [9.17, 15) is 14.7 Å². The van der Waals surface area contributed by atoms with Gasteiger partial charge in [0, 0.05) is 35.1 Å². The molecule has 4 aromatic carbocycles. The van der Waals surface area contributed by atoms with Crippen LogP contribution in [-0.4, -0.2) is 44.8 Å². The van der Waals surface area contributed by atoms with Gasteiger partial charge in [0.15, 0.2) is 11.6 Å². The van der Waals surface area contributed by atoms with Crippen molar-refractivity contribution in [1.82, 2.24) is 13.9 Å². The summed E-state index contributed by atoms with van der Waals surface area (Å²) in [7, 11) is 2.93. The zero-order valence-corrected chi connectivity index (χ0v) is 27.4. The summed E-state index contributed by atoms with van der Waals surface area (Å²) in [6.07, 6.45) is 3.33. The third kappa shape index (κ3) is 4.34. The topological polar surface area (TPSA) is 122 Å². The van der Waals surface area contributed by atoms with Crippen LogP contribution < -0.4 is 20.9 Å². The molecule has 1 fully saturated rings. The fourth-order valence-corrected chi connectivity index (χ4v) is 8.41. The lowest BCUT2D eigenvalue weighted by Gasteiger charge is -2.54. The summed E-state index contributed by atoms with van der Waals surface area (Å²) in [5.41, 5.74) is 0.135. The standard InChI is InChI=1S/C40H33N3O7/c1-49-27-20-32(44)35(33(21-27)50-2)36-28-18-19-41-38(47)42(26-16-10-5-11-17-26)39(48)43(41)31(28)23-30-37(46)29(24-12-6-3-7-13-24)22-34(45)40(30,36)25-14-8-4-9-15-25/h3-18,20-22,30-31,36,44H,19,23H2,1-2H3/t30-,31+,36+,40-/m0/s1. The Morgan fingerprint density at radius 1 is 0.800 bits per heavy atom. The maximum absolute atomic E-state index is 15.2. The number of fused-ring (bicyclic) bond motifs is 4. The Kier molecular flexibility index (Phi) is 7.32. The van der Waals surface area contributed by atoms with Gasteiger partial charge in [0.1, 0.15) is 17.2 Å². The van der Waals surface area contributed by atoms with Gasteiger partial charge in [-0.15, -0.1) is 0 Å². The van der Waals surface area contributed by atoms with Crippen molar-refractivity contribution in [3.63, 3.8) is 0 Å². The molecule has 2 aliphatic carbocycles. The predicted molar refractivity (Wildman–Crippen MR) is 186 cm³/mol. The Balaban J connectivity index is 1.46. The van der Waals surface area contributed by atoms with Crippen LogP contribution in [0.5, 0.6) is 17.2 Å². The lowest BCUT2D eigenvalue weighted by atomic mass is 9.47. The second-order valence-electron chi connectivity index (χ2n) is 12.8. The molecule has 10 nitrogen and oxygen atoms in total. The van der Waals surface area contributed by atoms with E-state index in [2.05, 4.69) is 0 Å². The first-order chi connectivity index (χ1) is 24.3. The van der Waals surface area contributed by atoms with Crippen LogP contribution in [0.2, 0.25) is 0 Å². The number of Topliss-reactive ketones (excluding diaryl/α,β-unsaturated/α-hetero) is 1. The number of phenols is 1. The highest BCUT2D eigenvalue weighted by molar-refractivity contribution is 6.31. The summed E-state index contributed by atoms with van der Waals surface area (Å²) >= 11 is 0. The molecule has 10 heteroatoms. The van der Waals surface area contributed by atoms with Crippen molar-refractivity contribution in [3.8, 4) is 22.9 Å². The van der Waals surface area contributed by atoms with Gasteiger partial charge in [-0.3, -0.25) is 9.59 Å². The zero-order chi connectivity index (χ0) is 34.7. The second-order valence-corrected chi connectivity index (χ2v) is 12.8. The number of carbonyl (C=O) groups is 2. The number of para-hydroxylation sites is 1. The summed E-state index contributed by atoms with van der Waals surface area (Å²) in [5.74, 6) is -2.20. The molecule has 0 spiro atoms. The Labute approximate surface area is 286 Å². The van der Waals surface area contributed by atoms with Crippen LogP contribution in [0.15, 0.2) is 130 Å². The number of ketones is 2. The van der Waals surface area contributed by atoms with Crippen LogP contribution in [0.1, 0.15) is 35.1 Å². The predicted octanol–water partition coefficient (Wildman–Crippen LogP) is 4.98. The van der Waals surface area contributed by atoms with Crippen molar-refractivity contribution in [3.05, 3.63) is 159 Å². The molecule has 1 aromatic heterocycles. The molecule has 4 atom stereocenters. The third-order valence-electron chi connectivity index (χ3n) is 10.5. The average molecular weight is 668 g/mol. The van der Waals surface area contributed by atoms with E-state index in [0.717, 1.165) is 4.57 Å². The largest absolute Gasteiger partial charge is 0.507 e. The number of ether oxygens (including phenoxy) is 2. The van der Waals surface area contributed by atoms with E-state index in [4.69, 9.17) is 9.47 Å². The minimum atomic E-state index is -1.55. The molecule has 1 saturated carbocycles. The summed E-state index contributed by atoms with van der Waals surface area (Å²) < 4.78 is 15.3. The highest BCUT2D eigenvalue weighted by Gasteiger charge is 2.64. The van der Waals surface area contributed by atoms with Gasteiger partial charge >= 0.3 is 11.4 Å². The van der Waals surface area contributed by atoms with Gasteiger partial charge in [-0.1, -0.05) is 84.9 Å². The molecule has 0 saturated heterocycles. The first kappa shape index (κ1) is 31.1. The summed E-state index contributed by atoms with van der Waals surface area (Å²) in [4.78, 5) is 58.5. The van der Waals surface area contributed by atoms with Crippen molar-refractivity contribution in [2.75, 3.05) is 14.2 Å². The van der Waals surface area contributed by atoms with Crippen molar-refractivity contribution >= 4 is 17.1 Å². The normalized spacial score (nSPS) is 22.5. The van der Waals surface area contributed by atoms with Gasteiger partial charge in [-0.25, -0.2) is 23.5 Å². The molecule has 50 heavy (non-hydrogen) atoms. The Morgan fingerprint density at radius 3 is 2.12 bits per heavy atom. The van der Waals surface area contributed by atoms with Gasteiger partial charge in [-0.2, -0.15) is 0 Å². The van der Waals surface area contributed by atoms with Crippen LogP contribution in [-0.2, 0) is 21.5 Å². The van der Waals surface area contributed by atoms with E-state index in [1.54, 1.807) is 48.5 Å². The summed E-state index contributed by atoms with van der Waals surface area (Å²) in [6, 6.07) is 29.1. The maximum atomic E-state index is 15.2. The monoisotopic (exact) mass is 667 g/mol. The Bertz CT molecular complexity index is 2350. The van der Waals surface area contributed by atoms with Gasteiger partial charge in [0.2, 0.25) is 0 Å².